The Morgan fingerprint density at radius 1 is 1.27 bits per heavy atom. The van der Waals surface area contributed by atoms with Crippen LogP contribution in [0.2, 0.25) is 0 Å². The normalized spacial score (nSPS) is 37.2. The summed E-state index contributed by atoms with van der Waals surface area (Å²) < 4.78 is 4.69. The largest absolute Gasteiger partial charge is 0.469 e. The van der Waals surface area contributed by atoms with Crippen molar-refractivity contribution in [3.05, 3.63) is 0 Å². The lowest BCUT2D eigenvalue weighted by Gasteiger charge is -2.04. The second-order valence-electron chi connectivity index (χ2n) is 3.65. The van der Waals surface area contributed by atoms with E-state index in [4.69, 9.17) is 4.74 Å². The molecule has 0 aliphatic heterocycles. The molecule has 11 heavy (non-hydrogen) atoms. The molecular weight excluding hydrogens is 140 g/mol. The van der Waals surface area contributed by atoms with Crippen molar-refractivity contribution in [2.45, 2.75) is 26.7 Å². The van der Waals surface area contributed by atoms with Crippen molar-refractivity contribution in [1.29, 1.82) is 0 Å². The number of esters is 1. The fourth-order valence-corrected chi connectivity index (χ4v) is 1.82. The number of ether oxygens (including phenoxy) is 1. The summed E-state index contributed by atoms with van der Waals surface area (Å²) in [6, 6.07) is 0. The number of hydrogen-bond acceptors (Lipinski definition) is 2. The zero-order valence-electron chi connectivity index (χ0n) is 7.46. The number of rotatable bonds is 1. The summed E-state index contributed by atoms with van der Waals surface area (Å²) in [5.41, 5.74) is 0. The smallest absolute Gasteiger partial charge is 0.308 e. The Morgan fingerprint density at radius 3 is 2.09 bits per heavy atom. The fourth-order valence-electron chi connectivity index (χ4n) is 1.82. The van der Waals surface area contributed by atoms with Gasteiger partial charge < -0.3 is 4.74 Å². The van der Waals surface area contributed by atoms with Crippen molar-refractivity contribution in [2.75, 3.05) is 7.11 Å². The molecule has 2 heteroatoms. The Labute approximate surface area is 67.9 Å². The monoisotopic (exact) mass is 156 g/mol. The van der Waals surface area contributed by atoms with Crippen LogP contribution in [0.15, 0.2) is 0 Å². The van der Waals surface area contributed by atoms with Crippen molar-refractivity contribution in [1.82, 2.24) is 0 Å². The molecule has 0 saturated heterocycles. The third kappa shape index (κ3) is 1.73. The molecule has 1 aliphatic carbocycles. The summed E-state index contributed by atoms with van der Waals surface area (Å²) in [6.07, 6.45) is 2.02. The highest BCUT2D eigenvalue weighted by Gasteiger charge is 2.33. The first-order valence-electron chi connectivity index (χ1n) is 4.23. The molecule has 1 fully saturated rings. The molecule has 0 heterocycles. The van der Waals surface area contributed by atoms with E-state index >= 15 is 0 Å². The van der Waals surface area contributed by atoms with Gasteiger partial charge in [0.05, 0.1) is 13.0 Å². The van der Waals surface area contributed by atoms with E-state index in [1.54, 1.807) is 0 Å². The van der Waals surface area contributed by atoms with E-state index in [1.807, 2.05) is 0 Å². The molecule has 2 unspecified atom stereocenters. The first-order chi connectivity index (χ1) is 5.15. The van der Waals surface area contributed by atoms with Crippen LogP contribution >= 0.6 is 0 Å². The zero-order valence-corrected chi connectivity index (χ0v) is 7.46. The third-order valence-corrected chi connectivity index (χ3v) is 2.82. The van der Waals surface area contributed by atoms with Gasteiger partial charge in [0.15, 0.2) is 0 Å². The predicted molar refractivity (Wildman–Crippen MR) is 43.1 cm³/mol. The molecule has 2 nitrogen and oxygen atoms in total. The molecule has 1 aliphatic rings. The lowest BCUT2D eigenvalue weighted by molar-refractivity contribution is -0.145. The molecule has 0 aromatic heterocycles. The van der Waals surface area contributed by atoms with Gasteiger partial charge in [0.1, 0.15) is 0 Å². The van der Waals surface area contributed by atoms with Gasteiger partial charge in [0, 0.05) is 0 Å². The van der Waals surface area contributed by atoms with Crippen molar-refractivity contribution in [2.24, 2.45) is 17.8 Å². The second kappa shape index (κ2) is 3.24. The van der Waals surface area contributed by atoms with E-state index < -0.39 is 0 Å². The topological polar surface area (TPSA) is 26.3 Å². The minimum Gasteiger partial charge on any atom is -0.469 e. The summed E-state index contributed by atoms with van der Waals surface area (Å²) in [7, 11) is 1.47. The van der Waals surface area contributed by atoms with Crippen LogP contribution in [-0.4, -0.2) is 13.1 Å². The molecule has 0 amide bonds. The fraction of sp³-hybridized carbons (Fsp3) is 0.889. The third-order valence-electron chi connectivity index (χ3n) is 2.82. The zero-order chi connectivity index (χ0) is 8.43. The second-order valence-corrected chi connectivity index (χ2v) is 3.65. The summed E-state index contributed by atoms with van der Waals surface area (Å²) >= 11 is 0. The molecule has 64 valence electrons. The number of carbonyl (C=O) groups excluding carboxylic acids is 1. The van der Waals surface area contributed by atoms with E-state index in [-0.39, 0.29) is 11.9 Å². The predicted octanol–water partition coefficient (Wildman–Crippen LogP) is 1.84. The van der Waals surface area contributed by atoms with Gasteiger partial charge in [-0.15, -0.1) is 0 Å². The molecule has 0 aromatic rings. The van der Waals surface area contributed by atoms with Crippen LogP contribution in [0, 0.1) is 17.8 Å². The van der Waals surface area contributed by atoms with Crippen molar-refractivity contribution < 1.29 is 9.53 Å². The van der Waals surface area contributed by atoms with E-state index in [1.165, 1.54) is 7.11 Å². The van der Waals surface area contributed by atoms with Gasteiger partial charge in [0.2, 0.25) is 0 Å². The maximum absolute atomic E-state index is 11.1. The Hall–Kier alpha value is -0.530. The van der Waals surface area contributed by atoms with Gasteiger partial charge >= 0.3 is 5.97 Å². The van der Waals surface area contributed by atoms with E-state index in [2.05, 4.69) is 13.8 Å². The first kappa shape index (κ1) is 8.57. The summed E-state index contributed by atoms with van der Waals surface area (Å²) in [6.45, 7) is 4.40. The van der Waals surface area contributed by atoms with E-state index in [0.717, 1.165) is 12.8 Å². The minimum absolute atomic E-state index is 0.0267. The average molecular weight is 156 g/mol. The SMILES string of the molecule is COC(=O)C1CC(C)C(C)C1. The Balaban J connectivity index is 2.46. The standard InChI is InChI=1S/C9H16O2/c1-6-4-8(5-7(6)2)9(10)11-3/h6-8H,4-5H2,1-3H3. The van der Waals surface area contributed by atoms with E-state index in [0.29, 0.717) is 11.8 Å². The Bertz CT molecular complexity index is 144. The number of carbonyl (C=O) groups is 1. The van der Waals surface area contributed by atoms with Crippen LogP contribution in [0.4, 0.5) is 0 Å². The maximum atomic E-state index is 11.1. The van der Waals surface area contributed by atoms with Crippen LogP contribution in [0.1, 0.15) is 26.7 Å². The van der Waals surface area contributed by atoms with Crippen LogP contribution in [0.25, 0.3) is 0 Å². The molecule has 0 spiro atoms. The van der Waals surface area contributed by atoms with Crippen LogP contribution in [0.3, 0.4) is 0 Å². The minimum atomic E-state index is -0.0267. The van der Waals surface area contributed by atoms with Gasteiger partial charge in [-0.05, 0) is 24.7 Å². The molecule has 1 rings (SSSR count). The molecule has 0 N–H and O–H groups in total. The van der Waals surface area contributed by atoms with Crippen molar-refractivity contribution in [3.8, 4) is 0 Å². The Morgan fingerprint density at radius 2 is 1.73 bits per heavy atom. The van der Waals surface area contributed by atoms with Gasteiger partial charge in [-0.1, -0.05) is 13.8 Å². The summed E-state index contributed by atoms with van der Waals surface area (Å²) in [5, 5.41) is 0. The summed E-state index contributed by atoms with van der Waals surface area (Å²) in [5.74, 6) is 1.50. The quantitative estimate of drug-likeness (QED) is 0.541. The van der Waals surface area contributed by atoms with Gasteiger partial charge in [-0.3, -0.25) is 4.79 Å². The highest BCUT2D eigenvalue weighted by atomic mass is 16.5. The van der Waals surface area contributed by atoms with Crippen molar-refractivity contribution in [3.63, 3.8) is 0 Å². The van der Waals surface area contributed by atoms with Crippen LogP contribution in [0.5, 0.6) is 0 Å². The molecule has 1 saturated carbocycles. The first-order valence-corrected chi connectivity index (χ1v) is 4.23. The molecule has 0 bridgehead atoms. The highest BCUT2D eigenvalue weighted by molar-refractivity contribution is 5.72. The summed E-state index contributed by atoms with van der Waals surface area (Å²) in [4.78, 5) is 11.1. The Kier molecular flexibility index (Phi) is 2.53. The molecule has 0 radical (unpaired) electrons. The van der Waals surface area contributed by atoms with Gasteiger partial charge in [-0.2, -0.15) is 0 Å². The van der Waals surface area contributed by atoms with Crippen LogP contribution in [-0.2, 0) is 9.53 Å². The molecule has 2 atom stereocenters. The highest BCUT2D eigenvalue weighted by Crippen LogP contribution is 2.36. The van der Waals surface area contributed by atoms with Crippen LogP contribution < -0.4 is 0 Å². The number of methoxy groups -OCH3 is 1. The number of hydrogen-bond donors (Lipinski definition) is 0. The average Bonchev–Trinajstić information content (AvgIpc) is 2.31. The van der Waals surface area contributed by atoms with Crippen molar-refractivity contribution >= 4 is 5.97 Å². The maximum Gasteiger partial charge on any atom is 0.308 e. The molecule has 0 aromatic carbocycles. The van der Waals surface area contributed by atoms with Gasteiger partial charge in [0.25, 0.3) is 0 Å². The van der Waals surface area contributed by atoms with Gasteiger partial charge in [-0.25, -0.2) is 0 Å². The lowest BCUT2D eigenvalue weighted by atomic mass is 10.0. The van der Waals surface area contributed by atoms with E-state index in [9.17, 15) is 4.79 Å². The molecular formula is C9H16O2. The lowest BCUT2D eigenvalue weighted by Crippen LogP contribution is -2.12.